The molecule has 0 unspecified atom stereocenters. The molecule has 0 aliphatic carbocycles. The molecule has 2 N–H and O–H groups in total. The Labute approximate surface area is 111 Å². The smallest absolute Gasteiger partial charge is 0.491 e. The van der Waals surface area contributed by atoms with Crippen molar-refractivity contribution in [2.75, 3.05) is 39.5 Å². The van der Waals surface area contributed by atoms with Crippen molar-refractivity contribution in [2.45, 2.75) is 0 Å². The predicted octanol–water partition coefficient (Wildman–Crippen LogP) is -0.783. The summed E-state index contributed by atoms with van der Waals surface area (Å²) in [6.07, 6.45) is 0. The molecule has 1 aliphatic heterocycles. The third kappa shape index (κ3) is 4.17. The van der Waals surface area contributed by atoms with Crippen molar-refractivity contribution in [2.24, 2.45) is 0 Å². The Kier molecular flexibility index (Phi) is 5.15. The highest BCUT2D eigenvalue weighted by Crippen LogP contribution is 2.11. The van der Waals surface area contributed by atoms with Crippen LogP contribution in [0.5, 0.6) is 5.75 Å². The topological polar surface area (TPSA) is 62.2 Å². The van der Waals surface area contributed by atoms with E-state index >= 15 is 0 Å². The highest BCUT2D eigenvalue weighted by molar-refractivity contribution is 6.58. The van der Waals surface area contributed by atoms with Crippen LogP contribution in [0.1, 0.15) is 0 Å². The van der Waals surface area contributed by atoms with Gasteiger partial charge in [0.25, 0.3) is 0 Å². The van der Waals surface area contributed by atoms with Crippen LogP contribution in [0.2, 0.25) is 0 Å². The first kappa shape index (κ1) is 14.3. The summed E-state index contributed by atoms with van der Waals surface area (Å²) in [5.41, 5.74) is -0.152. The summed E-state index contributed by atoms with van der Waals surface area (Å²) in [5.74, 6) is -0.297. The zero-order valence-corrected chi connectivity index (χ0v) is 10.6. The maximum atomic E-state index is 13.5. The van der Waals surface area contributed by atoms with Crippen LogP contribution < -0.4 is 10.2 Å². The van der Waals surface area contributed by atoms with Crippen LogP contribution >= 0.6 is 0 Å². The number of halogens is 1. The molecule has 104 valence electrons. The van der Waals surface area contributed by atoms with E-state index in [-0.39, 0.29) is 5.46 Å². The maximum absolute atomic E-state index is 13.5. The third-order valence-corrected chi connectivity index (χ3v) is 3.03. The molecule has 1 aromatic carbocycles. The second kappa shape index (κ2) is 6.86. The van der Waals surface area contributed by atoms with Crippen molar-refractivity contribution in [1.29, 1.82) is 0 Å². The van der Waals surface area contributed by atoms with Gasteiger partial charge in [0.1, 0.15) is 18.2 Å². The molecule has 5 nitrogen and oxygen atoms in total. The minimum Gasteiger partial charge on any atom is -0.492 e. The predicted molar refractivity (Wildman–Crippen MR) is 69.0 cm³/mol. The van der Waals surface area contributed by atoms with E-state index in [1.54, 1.807) is 0 Å². The number of rotatable bonds is 5. The molecule has 0 spiro atoms. The minimum absolute atomic E-state index is 0.152. The normalized spacial score (nSPS) is 16.4. The van der Waals surface area contributed by atoms with Crippen molar-refractivity contribution in [1.82, 2.24) is 4.90 Å². The molecular formula is C12H17BFNO4. The molecule has 1 aliphatic rings. The van der Waals surface area contributed by atoms with E-state index in [1.807, 2.05) is 0 Å². The summed E-state index contributed by atoms with van der Waals surface area (Å²) in [6, 6.07) is 4.00. The van der Waals surface area contributed by atoms with Crippen LogP contribution in [0, 0.1) is 5.82 Å². The van der Waals surface area contributed by atoms with Gasteiger partial charge in [0, 0.05) is 31.2 Å². The fourth-order valence-corrected chi connectivity index (χ4v) is 1.92. The van der Waals surface area contributed by atoms with Gasteiger partial charge >= 0.3 is 7.12 Å². The molecule has 0 aromatic heterocycles. The van der Waals surface area contributed by atoms with E-state index in [9.17, 15) is 4.39 Å². The van der Waals surface area contributed by atoms with E-state index in [0.717, 1.165) is 38.9 Å². The lowest BCUT2D eigenvalue weighted by Gasteiger charge is -2.26. The summed E-state index contributed by atoms with van der Waals surface area (Å²) in [6.45, 7) is 4.45. The SMILES string of the molecule is OB(O)c1ccc(OCCN2CCOCC2)cc1F. The molecule has 0 radical (unpaired) electrons. The summed E-state index contributed by atoms with van der Waals surface area (Å²) in [4.78, 5) is 2.21. The molecule has 0 saturated carbocycles. The highest BCUT2D eigenvalue weighted by Gasteiger charge is 2.17. The Hall–Kier alpha value is -1.15. The van der Waals surface area contributed by atoms with Gasteiger partial charge in [-0.05, 0) is 6.07 Å². The molecule has 1 saturated heterocycles. The van der Waals surface area contributed by atoms with Crippen LogP contribution in [0.3, 0.4) is 0 Å². The Balaban J connectivity index is 1.81. The zero-order chi connectivity index (χ0) is 13.7. The number of hydrogen-bond donors (Lipinski definition) is 2. The van der Waals surface area contributed by atoms with Crippen LogP contribution in [0.15, 0.2) is 18.2 Å². The average molecular weight is 269 g/mol. The van der Waals surface area contributed by atoms with Crippen LogP contribution in [-0.4, -0.2) is 61.5 Å². The van der Waals surface area contributed by atoms with Gasteiger partial charge in [-0.3, -0.25) is 4.90 Å². The number of benzene rings is 1. The van der Waals surface area contributed by atoms with Crippen molar-refractivity contribution < 1.29 is 23.9 Å². The summed E-state index contributed by atoms with van der Waals surface area (Å²) in [7, 11) is -1.80. The molecule has 1 heterocycles. The quantitative estimate of drug-likeness (QED) is 0.686. The number of morpholine rings is 1. The maximum Gasteiger partial charge on any atom is 0.491 e. The van der Waals surface area contributed by atoms with Crippen LogP contribution in [0.4, 0.5) is 4.39 Å². The molecule has 0 atom stereocenters. The fraction of sp³-hybridized carbons (Fsp3) is 0.500. The van der Waals surface area contributed by atoms with Crippen molar-refractivity contribution >= 4 is 12.6 Å². The van der Waals surface area contributed by atoms with Gasteiger partial charge in [0.15, 0.2) is 0 Å². The Bertz CT molecular complexity index is 413. The van der Waals surface area contributed by atoms with Crippen molar-refractivity contribution in [3.8, 4) is 5.75 Å². The molecular weight excluding hydrogens is 252 g/mol. The lowest BCUT2D eigenvalue weighted by atomic mass is 9.80. The van der Waals surface area contributed by atoms with Gasteiger partial charge < -0.3 is 19.5 Å². The van der Waals surface area contributed by atoms with Gasteiger partial charge in [-0.1, -0.05) is 6.07 Å². The summed E-state index contributed by atoms with van der Waals surface area (Å²) < 4.78 is 24.1. The molecule has 7 heteroatoms. The first-order chi connectivity index (χ1) is 9.16. The molecule has 2 rings (SSSR count). The lowest BCUT2D eigenvalue weighted by molar-refractivity contribution is 0.0322. The highest BCUT2D eigenvalue weighted by atomic mass is 19.1. The fourth-order valence-electron chi connectivity index (χ4n) is 1.92. The molecule has 19 heavy (non-hydrogen) atoms. The lowest BCUT2D eigenvalue weighted by Crippen LogP contribution is -2.38. The number of nitrogens with zero attached hydrogens (tertiary/aromatic N) is 1. The number of ether oxygens (including phenoxy) is 2. The molecule has 1 aromatic rings. The Morgan fingerprint density at radius 1 is 1.32 bits per heavy atom. The molecule has 0 bridgehead atoms. The van der Waals surface area contributed by atoms with Crippen LogP contribution in [-0.2, 0) is 4.74 Å². The average Bonchev–Trinajstić information content (AvgIpc) is 2.39. The largest absolute Gasteiger partial charge is 0.492 e. The van der Waals surface area contributed by atoms with E-state index in [4.69, 9.17) is 19.5 Å². The van der Waals surface area contributed by atoms with Gasteiger partial charge in [-0.25, -0.2) is 4.39 Å². The van der Waals surface area contributed by atoms with Gasteiger partial charge in [0.05, 0.1) is 13.2 Å². The number of hydrogen-bond acceptors (Lipinski definition) is 5. The first-order valence-electron chi connectivity index (χ1n) is 6.25. The monoisotopic (exact) mass is 269 g/mol. The summed E-state index contributed by atoms with van der Waals surface area (Å²) in [5, 5.41) is 17.8. The summed E-state index contributed by atoms with van der Waals surface area (Å²) >= 11 is 0. The van der Waals surface area contributed by atoms with Gasteiger partial charge in [-0.2, -0.15) is 0 Å². The minimum atomic E-state index is -1.80. The standard InChI is InChI=1S/C12H17BFNO4/c14-12-9-10(1-2-11(12)13(16)17)19-8-5-15-3-6-18-7-4-15/h1-2,9,16-17H,3-8H2. The van der Waals surface area contributed by atoms with E-state index < -0.39 is 12.9 Å². The van der Waals surface area contributed by atoms with Crippen molar-refractivity contribution in [3.05, 3.63) is 24.0 Å². The van der Waals surface area contributed by atoms with Gasteiger partial charge in [-0.15, -0.1) is 0 Å². The van der Waals surface area contributed by atoms with Crippen LogP contribution in [0.25, 0.3) is 0 Å². The van der Waals surface area contributed by atoms with E-state index in [1.165, 1.54) is 12.1 Å². The first-order valence-corrected chi connectivity index (χ1v) is 6.25. The molecule has 0 amide bonds. The second-order valence-corrected chi connectivity index (χ2v) is 4.36. The van der Waals surface area contributed by atoms with E-state index in [2.05, 4.69) is 4.90 Å². The van der Waals surface area contributed by atoms with Gasteiger partial charge in [0.2, 0.25) is 0 Å². The van der Waals surface area contributed by atoms with Crippen molar-refractivity contribution in [3.63, 3.8) is 0 Å². The van der Waals surface area contributed by atoms with E-state index in [0.29, 0.717) is 12.4 Å². The Morgan fingerprint density at radius 3 is 2.68 bits per heavy atom. The second-order valence-electron chi connectivity index (χ2n) is 4.36. The Morgan fingerprint density at radius 2 is 2.05 bits per heavy atom. The molecule has 1 fully saturated rings. The third-order valence-electron chi connectivity index (χ3n) is 3.03. The zero-order valence-electron chi connectivity index (χ0n) is 10.6.